The molecule has 2 aliphatic rings. The van der Waals surface area contributed by atoms with Crippen LogP contribution in [-0.4, -0.2) is 41.7 Å². The third-order valence-corrected chi connectivity index (χ3v) is 5.33. The molecular formula is C16H20N4OS. The van der Waals surface area contributed by atoms with E-state index in [1.54, 1.807) is 4.90 Å². The first kappa shape index (κ1) is 15.2. The lowest BCUT2D eigenvalue weighted by Crippen LogP contribution is -2.19. The summed E-state index contributed by atoms with van der Waals surface area (Å²) in [5, 5.41) is 12.6. The largest absolute Gasteiger partial charge is 0.369 e. The number of anilines is 1. The normalized spacial score (nSPS) is 20.6. The minimum Gasteiger partial charge on any atom is -0.369 e. The topological polar surface area (TPSA) is 69.0 Å². The van der Waals surface area contributed by atoms with E-state index in [1.165, 1.54) is 5.56 Å². The van der Waals surface area contributed by atoms with Crippen molar-refractivity contribution in [1.82, 2.24) is 9.88 Å². The Hall–Kier alpha value is -1.74. The van der Waals surface area contributed by atoms with Gasteiger partial charge in [0.05, 0.1) is 5.56 Å². The molecule has 6 heteroatoms. The molecule has 0 saturated carbocycles. The van der Waals surface area contributed by atoms with Crippen LogP contribution in [0.2, 0.25) is 0 Å². The van der Waals surface area contributed by atoms with E-state index < -0.39 is 0 Å². The molecule has 22 heavy (non-hydrogen) atoms. The molecule has 2 aliphatic heterocycles. The molecule has 0 aromatic carbocycles. The van der Waals surface area contributed by atoms with Gasteiger partial charge in [-0.15, -0.1) is 0 Å². The first-order chi connectivity index (χ1) is 10.7. The van der Waals surface area contributed by atoms with E-state index in [-0.39, 0.29) is 5.91 Å². The van der Waals surface area contributed by atoms with Crippen LogP contribution < -0.4 is 5.32 Å². The van der Waals surface area contributed by atoms with Gasteiger partial charge >= 0.3 is 0 Å². The van der Waals surface area contributed by atoms with Crippen LogP contribution >= 0.6 is 11.8 Å². The zero-order valence-corrected chi connectivity index (χ0v) is 13.6. The molecule has 1 unspecified atom stereocenters. The Balaban J connectivity index is 1.62. The number of thioether (sulfide) groups is 1. The van der Waals surface area contributed by atoms with Crippen LogP contribution in [0.5, 0.6) is 0 Å². The summed E-state index contributed by atoms with van der Waals surface area (Å²) in [5.41, 5.74) is 2.94. The quantitative estimate of drug-likeness (QED) is 0.920. The number of likely N-dealkylation sites (tertiary alicyclic amines) is 1. The number of pyridine rings is 1. The number of rotatable bonds is 4. The summed E-state index contributed by atoms with van der Waals surface area (Å²) in [6.07, 6.45) is 2.54. The fourth-order valence-corrected chi connectivity index (χ4v) is 4.00. The number of fused-ring (bicyclic) bond motifs is 1. The van der Waals surface area contributed by atoms with Gasteiger partial charge in [0.1, 0.15) is 11.9 Å². The van der Waals surface area contributed by atoms with E-state index in [2.05, 4.69) is 16.4 Å². The van der Waals surface area contributed by atoms with Crippen molar-refractivity contribution in [2.24, 2.45) is 5.92 Å². The summed E-state index contributed by atoms with van der Waals surface area (Å²) in [6, 6.07) is 4.22. The Kier molecular flexibility index (Phi) is 4.53. The second kappa shape index (κ2) is 6.57. The van der Waals surface area contributed by atoms with Gasteiger partial charge in [-0.3, -0.25) is 4.79 Å². The molecule has 0 radical (unpaired) electrons. The highest BCUT2D eigenvalue weighted by Gasteiger charge is 2.26. The second-order valence-electron chi connectivity index (χ2n) is 5.96. The average Bonchev–Trinajstić information content (AvgIpc) is 2.85. The molecule has 1 atom stereocenters. The minimum absolute atomic E-state index is 0.229. The SMILES string of the molecule is CN1CC(CCNc2nc3c(cc2C#N)CSCC3)CC1=O. The lowest BCUT2D eigenvalue weighted by Gasteiger charge is -2.17. The van der Waals surface area contributed by atoms with E-state index >= 15 is 0 Å². The average molecular weight is 316 g/mol. The van der Waals surface area contributed by atoms with Crippen molar-refractivity contribution in [3.8, 4) is 6.07 Å². The molecule has 1 N–H and O–H groups in total. The lowest BCUT2D eigenvalue weighted by molar-refractivity contribution is -0.126. The first-order valence-corrected chi connectivity index (χ1v) is 8.81. The number of carbonyl (C=O) groups excluding carboxylic acids is 1. The van der Waals surface area contributed by atoms with Crippen LogP contribution in [0, 0.1) is 17.2 Å². The fraction of sp³-hybridized carbons (Fsp3) is 0.562. The third kappa shape index (κ3) is 3.20. The highest BCUT2D eigenvalue weighted by molar-refractivity contribution is 7.98. The van der Waals surface area contributed by atoms with Gasteiger partial charge in [0, 0.05) is 38.0 Å². The van der Waals surface area contributed by atoms with Gasteiger partial charge in [0.25, 0.3) is 0 Å². The summed E-state index contributed by atoms with van der Waals surface area (Å²) in [7, 11) is 1.85. The Bertz CT molecular complexity index is 625. The number of hydrogen-bond donors (Lipinski definition) is 1. The maximum Gasteiger partial charge on any atom is 0.222 e. The van der Waals surface area contributed by atoms with Gasteiger partial charge in [-0.05, 0) is 36.1 Å². The Morgan fingerprint density at radius 1 is 1.59 bits per heavy atom. The third-order valence-electron chi connectivity index (χ3n) is 4.32. The van der Waals surface area contributed by atoms with Gasteiger partial charge in [-0.1, -0.05) is 0 Å². The van der Waals surface area contributed by atoms with Crippen LogP contribution in [0.1, 0.15) is 29.7 Å². The highest BCUT2D eigenvalue weighted by Crippen LogP contribution is 2.27. The van der Waals surface area contributed by atoms with E-state index in [9.17, 15) is 10.1 Å². The van der Waals surface area contributed by atoms with Crippen molar-refractivity contribution in [3.63, 3.8) is 0 Å². The predicted octanol–water partition coefficient (Wildman–Crippen LogP) is 2.02. The van der Waals surface area contributed by atoms with Gasteiger partial charge in [0.2, 0.25) is 5.91 Å². The zero-order valence-electron chi connectivity index (χ0n) is 12.8. The number of nitriles is 1. The summed E-state index contributed by atoms with van der Waals surface area (Å²) >= 11 is 1.89. The van der Waals surface area contributed by atoms with Crippen molar-refractivity contribution in [3.05, 3.63) is 22.9 Å². The molecule has 5 nitrogen and oxygen atoms in total. The van der Waals surface area contributed by atoms with E-state index in [0.717, 1.165) is 43.1 Å². The van der Waals surface area contributed by atoms with Crippen LogP contribution in [0.4, 0.5) is 5.82 Å². The molecule has 1 aromatic heterocycles. The molecule has 3 heterocycles. The Morgan fingerprint density at radius 3 is 3.18 bits per heavy atom. The van der Waals surface area contributed by atoms with E-state index in [0.29, 0.717) is 23.7 Å². The van der Waals surface area contributed by atoms with E-state index in [1.807, 2.05) is 24.9 Å². The van der Waals surface area contributed by atoms with Crippen molar-refractivity contribution in [2.45, 2.75) is 25.0 Å². The standard InChI is InChI=1S/C16H20N4OS/c1-20-9-11(6-15(20)21)2-4-18-16-12(8-17)7-13-10-22-5-3-14(13)19-16/h7,11H,2-6,9-10H2,1H3,(H,18,19). The van der Waals surface area contributed by atoms with Crippen molar-refractivity contribution >= 4 is 23.5 Å². The Labute approximate surface area is 135 Å². The number of nitrogens with one attached hydrogen (secondary N) is 1. The lowest BCUT2D eigenvalue weighted by atomic mass is 10.0. The van der Waals surface area contributed by atoms with Crippen molar-refractivity contribution in [2.75, 3.05) is 31.2 Å². The zero-order chi connectivity index (χ0) is 15.5. The summed E-state index contributed by atoms with van der Waals surface area (Å²) in [4.78, 5) is 18.0. The number of hydrogen-bond acceptors (Lipinski definition) is 5. The van der Waals surface area contributed by atoms with Gasteiger partial charge in [-0.25, -0.2) is 4.98 Å². The molecule has 116 valence electrons. The number of aromatic nitrogens is 1. The summed E-state index contributed by atoms with van der Waals surface area (Å²) in [6.45, 7) is 1.58. The first-order valence-electron chi connectivity index (χ1n) is 7.66. The van der Waals surface area contributed by atoms with Gasteiger partial charge in [-0.2, -0.15) is 17.0 Å². The molecular weight excluding hydrogens is 296 g/mol. The molecule has 1 aromatic rings. The number of amides is 1. The molecule has 3 rings (SSSR count). The maximum absolute atomic E-state index is 11.5. The van der Waals surface area contributed by atoms with Crippen LogP contribution in [0.3, 0.4) is 0 Å². The second-order valence-corrected chi connectivity index (χ2v) is 7.07. The molecule has 1 amide bonds. The van der Waals surface area contributed by atoms with E-state index in [4.69, 9.17) is 0 Å². The van der Waals surface area contributed by atoms with Crippen LogP contribution in [-0.2, 0) is 17.0 Å². The summed E-state index contributed by atoms with van der Waals surface area (Å²) in [5.74, 6) is 3.39. The predicted molar refractivity (Wildman–Crippen MR) is 87.7 cm³/mol. The monoisotopic (exact) mass is 316 g/mol. The maximum atomic E-state index is 11.5. The van der Waals surface area contributed by atoms with Gasteiger partial charge in [0.15, 0.2) is 0 Å². The van der Waals surface area contributed by atoms with Gasteiger partial charge < -0.3 is 10.2 Å². The van der Waals surface area contributed by atoms with Crippen molar-refractivity contribution in [1.29, 1.82) is 5.26 Å². The fourth-order valence-electron chi connectivity index (χ4n) is 3.05. The van der Waals surface area contributed by atoms with Crippen molar-refractivity contribution < 1.29 is 4.79 Å². The summed E-state index contributed by atoms with van der Waals surface area (Å²) < 4.78 is 0. The number of nitrogens with zero attached hydrogens (tertiary/aromatic N) is 3. The smallest absolute Gasteiger partial charge is 0.222 e. The minimum atomic E-state index is 0.229. The highest BCUT2D eigenvalue weighted by atomic mass is 32.2. The Morgan fingerprint density at radius 2 is 2.45 bits per heavy atom. The number of carbonyl (C=O) groups is 1. The molecule has 0 spiro atoms. The molecule has 1 fully saturated rings. The molecule has 0 bridgehead atoms. The van der Waals surface area contributed by atoms with Crippen LogP contribution in [0.15, 0.2) is 6.07 Å². The molecule has 1 saturated heterocycles. The molecule has 0 aliphatic carbocycles. The number of aryl methyl sites for hydroxylation is 1. The van der Waals surface area contributed by atoms with Crippen LogP contribution in [0.25, 0.3) is 0 Å².